The molecule has 9 nitrogen and oxygen atoms in total. The maximum Gasteiger partial charge on any atom is 0.349 e. The highest BCUT2D eigenvalue weighted by molar-refractivity contribution is 7.89. The number of carbonyl (C=O) groups is 2. The maximum absolute atomic E-state index is 13.2. The summed E-state index contributed by atoms with van der Waals surface area (Å²) in [4.78, 5) is 30.8. The van der Waals surface area contributed by atoms with Gasteiger partial charge in [-0.3, -0.25) is 4.79 Å². The quantitative estimate of drug-likeness (QED) is 0.447. The van der Waals surface area contributed by atoms with E-state index in [-0.39, 0.29) is 32.1 Å². The summed E-state index contributed by atoms with van der Waals surface area (Å²) in [7, 11) is -1.12. The summed E-state index contributed by atoms with van der Waals surface area (Å²) in [6.07, 6.45) is 2.09. The average molecular weight is 514 g/mol. The van der Waals surface area contributed by atoms with E-state index < -0.39 is 16.0 Å². The molecule has 33 heavy (non-hydrogen) atoms. The van der Waals surface area contributed by atoms with Crippen molar-refractivity contribution in [1.29, 1.82) is 0 Å². The smallest absolute Gasteiger partial charge is 0.349 e. The number of carbonyl (C=O) groups excluding carboxylic acids is 2. The summed E-state index contributed by atoms with van der Waals surface area (Å²) in [6, 6.07) is 4.52. The molecule has 0 unspecified atom stereocenters. The van der Waals surface area contributed by atoms with Gasteiger partial charge in [0.1, 0.15) is 14.9 Å². The summed E-state index contributed by atoms with van der Waals surface area (Å²) in [5.41, 5.74) is 0.213. The van der Waals surface area contributed by atoms with Crippen LogP contribution in [0.4, 0.5) is 0 Å². The van der Waals surface area contributed by atoms with Gasteiger partial charge in [-0.15, -0.1) is 11.3 Å². The molecule has 2 aliphatic rings. The molecule has 4 rings (SSSR count). The van der Waals surface area contributed by atoms with Gasteiger partial charge in [0.2, 0.25) is 15.9 Å². The predicted molar refractivity (Wildman–Crippen MR) is 122 cm³/mol. The number of ether oxygens (including phenoxy) is 2. The topological polar surface area (TPSA) is 106 Å². The van der Waals surface area contributed by atoms with E-state index in [1.165, 1.54) is 30.7 Å². The van der Waals surface area contributed by atoms with Crippen LogP contribution in [0, 0.1) is 5.41 Å². The van der Waals surface area contributed by atoms with E-state index in [0.717, 1.165) is 11.3 Å². The van der Waals surface area contributed by atoms with Gasteiger partial charge in [-0.2, -0.15) is 4.31 Å². The van der Waals surface area contributed by atoms with Crippen LogP contribution in [0.15, 0.2) is 28.5 Å². The van der Waals surface area contributed by atoms with Gasteiger partial charge in [-0.1, -0.05) is 11.6 Å². The highest BCUT2D eigenvalue weighted by atomic mass is 35.5. The number of esters is 1. The molecule has 2 saturated heterocycles. The van der Waals surface area contributed by atoms with E-state index in [1.807, 2.05) is 0 Å². The zero-order chi connectivity index (χ0) is 23.8. The molecule has 178 valence electrons. The molecule has 1 spiro atoms. The predicted octanol–water partition coefficient (Wildman–Crippen LogP) is 2.91. The fraction of sp³-hybridized carbons (Fsp3) is 0.476. The number of thiophene rings is 1. The molecule has 0 atom stereocenters. The van der Waals surface area contributed by atoms with Crippen molar-refractivity contribution in [2.75, 3.05) is 40.4 Å². The molecule has 0 N–H and O–H groups in total. The highest BCUT2D eigenvalue weighted by Gasteiger charge is 2.46. The van der Waals surface area contributed by atoms with E-state index in [2.05, 4.69) is 4.98 Å². The first-order chi connectivity index (χ1) is 15.7. The van der Waals surface area contributed by atoms with Crippen molar-refractivity contribution in [2.24, 2.45) is 5.41 Å². The number of nitrogens with zero attached hydrogens (tertiary/aromatic N) is 3. The van der Waals surface area contributed by atoms with Gasteiger partial charge in [0.25, 0.3) is 5.91 Å². The van der Waals surface area contributed by atoms with E-state index in [0.29, 0.717) is 51.0 Å². The monoisotopic (exact) mass is 513 g/mol. The lowest BCUT2D eigenvalue weighted by atomic mass is 9.78. The largest absolute Gasteiger partial charge is 0.481 e. The van der Waals surface area contributed by atoms with Crippen molar-refractivity contribution in [3.8, 4) is 5.88 Å². The number of halogens is 1. The number of aromatic nitrogens is 1. The number of piperidine rings is 1. The molecule has 0 saturated carbocycles. The molecule has 1 amide bonds. The Morgan fingerprint density at radius 2 is 1.85 bits per heavy atom. The Labute approximate surface area is 201 Å². The molecule has 12 heteroatoms. The Morgan fingerprint density at radius 3 is 2.52 bits per heavy atom. The Balaban J connectivity index is 1.44. The number of hydrogen-bond acceptors (Lipinski definition) is 8. The molecule has 0 aliphatic carbocycles. The van der Waals surface area contributed by atoms with Crippen molar-refractivity contribution in [1.82, 2.24) is 14.2 Å². The van der Waals surface area contributed by atoms with Crippen LogP contribution < -0.4 is 4.74 Å². The second-order valence-electron chi connectivity index (χ2n) is 8.21. The summed E-state index contributed by atoms with van der Waals surface area (Å²) < 4.78 is 37.8. The first-order valence-electron chi connectivity index (χ1n) is 10.4. The van der Waals surface area contributed by atoms with E-state index >= 15 is 0 Å². The molecule has 0 aromatic carbocycles. The van der Waals surface area contributed by atoms with Gasteiger partial charge in [0, 0.05) is 37.8 Å². The summed E-state index contributed by atoms with van der Waals surface area (Å²) >= 11 is 7.05. The molecule has 2 aliphatic heterocycles. The molecule has 2 fully saturated rings. The van der Waals surface area contributed by atoms with Crippen molar-refractivity contribution < 1.29 is 27.5 Å². The first-order valence-corrected chi connectivity index (χ1v) is 13.1. The van der Waals surface area contributed by atoms with Gasteiger partial charge >= 0.3 is 5.97 Å². The van der Waals surface area contributed by atoms with Crippen LogP contribution in [0.1, 0.15) is 39.3 Å². The number of methoxy groups -OCH3 is 2. The number of sulfonamides is 1. The zero-order valence-corrected chi connectivity index (χ0v) is 20.6. The van der Waals surface area contributed by atoms with Crippen LogP contribution in [0.5, 0.6) is 5.88 Å². The standard InChI is InChI=1S/C21H24ClN3O6S2/c1-30-17-12-14(11-16(22)23-17)19(26)24-7-4-21(5-8-24)6-9-25(13-21)33(28,29)15-3-10-32-18(15)20(27)31-2/h3,10-12H,4-9,13H2,1-2H3. The Bertz CT molecular complexity index is 1170. The number of pyridine rings is 1. The number of hydrogen-bond donors (Lipinski definition) is 0. The van der Waals surface area contributed by atoms with Crippen LogP contribution in [-0.4, -0.2) is 74.9 Å². The third-order valence-electron chi connectivity index (χ3n) is 6.36. The second kappa shape index (κ2) is 9.21. The van der Waals surface area contributed by atoms with Gasteiger partial charge in [-0.05, 0) is 42.2 Å². The molecular weight excluding hydrogens is 490 g/mol. The molecule has 2 aromatic heterocycles. The fourth-order valence-electron chi connectivity index (χ4n) is 4.46. The van der Waals surface area contributed by atoms with Crippen molar-refractivity contribution in [3.63, 3.8) is 0 Å². The highest BCUT2D eigenvalue weighted by Crippen LogP contribution is 2.43. The molecule has 4 heterocycles. The van der Waals surface area contributed by atoms with Crippen LogP contribution in [0.2, 0.25) is 5.15 Å². The third-order valence-corrected chi connectivity index (χ3v) is 9.46. The van der Waals surface area contributed by atoms with Gasteiger partial charge in [-0.25, -0.2) is 18.2 Å². The van der Waals surface area contributed by atoms with Crippen molar-refractivity contribution in [3.05, 3.63) is 39.2 Å². The minimum Gasteiger partial charge on any atom is -0.481 e. The van der Waals surface area contributed by atoms with Crippen LogP contribution in [-0.2, 0) is 14.8 Å². The van der Waals surface area contributed by atoms with Crippen LogP contribution in [0.3, 0.4) is 0 Å². The Kier molecular flexibility index (Phi) is 6.68. The molecular formula is C21H24ClN3O6S2. The lowest BCUT2D eigenvalue weighted by molar-refractivity contribution is 0.0594. The van der Waals surface area contributed by atoms with Gasteiger partial charge in [0.15, 0.2) is 0 Å². The summed E-state index contributed by atoms with van der Waals surface area (Å²) in [6.45, 7) is 1.77. The zero-order valence-electron chi connectivity index (χ0n) is 18.2. The number of likely N-dealkylation sites (tertiary alicyclic amines) is 1. The molecule has 2 aromatic rings. The maximum atomic E-state index is 13.2. The SMILES string of the molecule is COC(=O)c1sccc1S(=O)(=O)N1CCC2(CCN(C(=O)c3cc(Cl)nc(OC)c3)CC2)C1. The van der Waals surface area contributed by atoms with E-state index in [4.69, 9.17) is 21.1 Å². The third kappa shape index (κ3) is 4.59. The van der Waals surface area contributed by atoms with Crippen molar-refractivity contribution >= 4 is 44.8 Å². The minimum absolute atomic E-state index is 0.00692. The fourth-order valence-corrected chi connectivity index (χ4v) is 7.52. The van der Waals surface area contributed by atoms with Gasteiger partial charge < -0.3 is 14.4 Å². The van der Waals surface area contributed by atoms with E-state index in [9.17, 15) is 18.0 Å². The second-order valence-corrected chi connectivity index (χ2v) is 11.4. The normalized spacial score (nSPS) is 18.5. The van der Waals surface area contributed by atoms with Crippen molar-refractivity contribution in [2.45, 2.75) is 24.2 Å². The Hall–Kier alpha value is -2.21. The minimum atomic E-state index is -3.81. The van der Waals surface area contributed by atoms with Gasteiger partial charge in [0.05, 0.1) is 14.2 Å². The number of amides is 1. The summed E-state index contributed by atoms with van der Waals surface area (Å²) in [5.74, 6) is -0.538. The lowest BCUT2D eigenvalue weighted by Gasteiger charge is -2.39. The Morgan fingerprint density at radius 1 is 1.15 bits per heavy atom. The lowest BCUT2D eigenvalue weighted by Crippen LogP contribution is -2.44. The molecule has 0 bridgehead atoms. The molecule has 0 radical (unpaired) electrons. The first kappa shape index (κ1) is 23.9. The summed E-state index contributed by atoms with van der Waals surface area (Å²) in [5, 5.41) is 1.76. The average Bonchev–Trinajstić information content (AvgIpc) is 3.47. The van der Waals surface area contributed by atoms with Crippen LogP contribution >= 0.6 is 22.9 Å². The van der Waals surface area contributed by atoms with E-state index in [1.54, 1.807) is 16.3 Å². The number of rotatable bonds is 5. The van der Waals surface area contributed by atoms with Crippen LogP contribution in [0.25, 0.3) is 0 Å².